The number of rotatable bonds is 9. The lowest BCUT2D eigenvalue weighted by atomic mass is 9.95. The molecule has 0 aliphatic rings. The van der Waals surface area contributed by atoms with E-state index in [9.17, 15) is 9.59 Å². The van der Waals surface area contributed by atoms with Gasteiger partial charge < -0.3 is 30.3 Å². The summed E-state index contributed by atoms with van der Waals surface area (Å²) in [6.45, 7) is 16.4. The summed E-state index contributed by atoms with van der Waals surface area (Å²) in [7, 11) is 0. The van der Waals surface area contributed by atoms with Crippen LogP contribution in [0.2, 0.25) is 0 Å². The van der Waals surface area contributed by atoms with Gasteiger partial charge in [-0.2, -0.15) is 0 Å². The van der Waals surface area contributed by atoms with Crippen molar-refractivity contribution in [2.75, 3.05) is 33.0 Å². The Morgan fingerprint density at radius 1 is 0.815 bits per heavy atom. The molecule has 0 unspecified atom stereocenters. The maximum Gasteiger partial charge on any atom is 0.330 e. The molecular weight excluding hydrogens is 356 g/mol. The van der Waals surface area contributed by atoms with Crippen molar-refractivity contribution in [2.24, 2.45) is 5.41 Å². The Morgan fingerprint density at radius 3 is 1.11 bits per heavy atom. The smallest absolute Gasteiger partial charge is 0.330 e. The van der Waals surface area contributed by atoms with Crippen LogP contribution in [0.4, 0.5) is 0 Å². The molecule has 0 amide bonds. The van der Waals surface area contributed by atoms with Crippen LogP contribution >= 0.6 is 0 Å². The Hall–Kier alpha value is -1.74. The number of aliphatic hydroxyl groups excluding tert-OH is 3. The molecule has 0 atom stereocenters. The van der Waals surface area contributed by atoms with Gasteiger partial charge in [0.25, 0.3) is 0 Å². The first-order valence-electron chi connectivity index (χ1n) is 8.56. The number of aliphatic carboxylic acids is 2. The van der Waals surface area contributed by atoms with E-state index in [1.165, 1.54) is 13.8 Å². The first-order valence-corrected chi connectivity index (χ1v) is 8.56. The third-order valence-corrected chi connectivity index (χ3v) is 2.57. The number of carbonyl (C=O) groups is 2. The van der Waals surface area contributed by atoms with Crippen molar-refractivity contribution in [1.82, 2.24) is 0 Å². The molecule has 0 fully saturated rings. The minimum atomic E-state index is -0.935. The standard InChI is InChI=1S/C6H14O.C5H12O3.2C4H6O2/c1-3-5-7-6-4-2;1-5(2-6,3-7)4-8;2*1-3(2)4(5)6/h3-6H2,1-2H3;6-8H,2-4H2,1H3;2*1H2,2H3,(H,5,6). The van der Waals surface area contributed by atoms with E-state index in [2.05, 4.69) is 27.0 Å². The van der Waals surface area contributed by atoms with Gasteiger partial charge in [0, 0.05) is 29.8 Å². The van der Waals surface area contributed by atoms with Crippen LogP contribution < -0.4 is 0 Å². The Morgan fingerprint density at radius 2 is 1.04 bits per heavy atom. The van der Waals surface area contributed by atoms with Gasteiger partial charge in [0.05, 0.1) is 19.8 Å². The zero-order valence-electron chi connectivity index (χ0n) is 17.3. The van der Waals surface area contributed by atoms with Crippen LogP contribution in [0.1, 0.15) is 47.5 Å². The molecule has 162 valence electrons. The number of hydrogen-bond donors (Lipinski definition) is 5. The molecule has 0 bridgehead atoms. The van der Waals surface area contributed by atoms with Gasteiger partial charge in [0.2, 0.25) is 0 Å². The summed E-state index contributed by atoms with van der Waals surface area (Å²) >= 11 is 0. The molecule has 0 aliphatic carbocycles. The summed E-state index contributed by atoms with van der Waals surface area (Å²) < 4.78 is 5.13. The van der Waals surface area contributed by atoms with Gasteiger partial charge >= 0.3 is 11.9 Å². The quantitative estimate of drug-likeness (QED) is 0.295. The van der Waals surface area contributed by atoms with Gasteiger partial charge in [0.15, 0.2) is 0 Å². The van der Waals surface area contributed by atoms with Crippen LogP contribution in [0.5, 0.6) is 0 Å². The predicted octanol–water partition coefficient (Wildman–Crippen LogP) is 2.09. The van der Waals surface area contributed by atoms with E-state index in [0.29, 0.717) is 0 Å². The second kappa shape index (κ2) is 22.3. The van der Waals surface area contributed by atoms with E-state index >= 15 is 0 Å². The normalized spacial score (nSPS) is 9.33. The highest BCUT2D eigenvalue weighted by atomic mass is 16.5. The fourth-order valence-corrected chi connectivity index (χ4v) is 0.541. The molecule has 0 rings (SSSR count). The van der Waals surface area contributed by atoms with Crippen molar-refractivity contribution >= 4 is 11.9 Å². The lowest BCUT2D eigenvalue weighted by molar-refractivity contribution is -0.133. The second-order valence-electron chi connectivity index (χ2n) is 6.07. The molecular formula is C19H38O8. The zero-order chi connectivity index (χ0) is 22.5. The largest absolute Gasteiger partial charge is 0.478 e. The zero-order valence-corrected chi connectivity index (χ0v) is 17.3. The molecule has 0 heterocycles. The number of carboxylic acids is 2. The summed E-state index contributed by atoms with van der Waals surface area (Å²) in [6, 6.07) is 0. The van der Waals surface area contributed by atoms with Crippen LogP contribution in [0.15, 0.2) is 24.3 Å². The molecule has 8 heteroatoms. The third kappa shape index (κ3) is 32.4. The lowest BCUT2D eigenvalue weighted by Crippen LogP contribution is -2.29. The highest BCUT2D eigenvalue weighted by Gasteiger charge is 2.20. The topological polar surface area (TPSA) is 145 Å². The summed E-state index contributed by atoms with van der Waals surface area (Å²) in [5.41, 5.74) is -0.356. The molecule has 5 N–H and O–H groups in total. The molecule has 0 aromatic rings. The van der Waals surface area contributed by atoms with Crippen molar-refractivity contribution < 1.29 is 39.9 Å². The van der Waals surface area contributed by atoms with Crippen molar-refractivity contribution in [3.8, 4) is 0 Å². The van der Waals surface area contributed by atoms with Crippen molar-refractivity contribution in [1.29, 1.82) is 0 Å². The highest BCUT2D eigenvalue weighted by molar-refractivity contribution is 5.85. The summed E-state index contributed by atoms with van der Waals surface area (Å²) in [4.78, 5) is 19.2. The monoisotopic (exact) mass is 394 g/mol. The highest BCUT2D eigenvalue weighted by Crippen LogP contribution is 2.10. The lowest BCUT2D eigenvalue weighted by Gasteiger charge is -2.20. The Balaban J connectivity index is -0.000000132. The summed E-state index contributed by atoms with van der Waals surface area (Å²) in [6.07, 6.45) is 2.28. The van der Waals surface area contributed by atoms with Gasteiger partial charge in [-0.15, -0.1) is 0 Å². The molecule has 0 aromatic carbocycles. The van der Waals surface area contributed by atoms with Crippen LogP contribution in [-0.2, 0) is 14.3 Å². The minimum Gasteiger partial charge on any atom is -0.478 e. The predicted molar refractivity (Wildman–Crippen MR) is 106 cm³/mol. The number of aliphatic hydroxyl groups is 3. The molecule has 0 spiro atoms. The fourth-order valence-electron chi connectivity index (χ4n) is 0.541. The van der Waals surface area contributed by atoms with Crippen LogP contribution in [0.3, 0.4) is 0 Å². The fraction of sp³-hybridized carbons (Fsp3) is 0.684. The number of hydrogen-bond acceptors (Lipinski definition) is 6. The molecule has 8 nitrogen and oxygen atoms in total. The molecule has 0 aliphatic heterocycles. The van der Waals surface area contributed by atoms with E-state index in [1.54, 1.807) is 6.92 Å². The third-order valence-electron chi connectivity index (χ3n) is 2.57. The van der Waals surface area contributed by atoms with E-state index in [0.717, 1.165) is 26.1 Å². The minimum absolute atomic E-state index is 0.176. The summed E-state index contributed by atoms with van der Waals surface area (Å²) in [5.74, 6) is -1.87. The van der Waals surface area contributed by atoms with Crippen LogP contribution in [0, 0.1) is 5.41 Å². The van der Waals surface area contributed by atoms with E-state index in [4.69, 9.17) is 30.3 Å². The molecule has 0 aromatic heterocycles. The van der Waals surface area contributed by atoms with Crippen LogP contribution in [0.25, 0.3) is 0 Å². The van der Waals surface area contributed by atoms with Crippen molar-refractivity contribution in [3.63, 3.8) is 0 Å². The first kappa shape index (κ1) is 32.9. The average Bonchev–Trinajstić information content (AvgIpc) is 2.63. The van der Waals surface area contributed by atoms with E-state index in [-0.39, 0.29) is 31.0 Å². The number of ether oxygens (including phenoxy) is 1. The van der Waals surface area contributed by atoms with Gasteiger partial charge in [-0.1, -0.05) is 33.9 Å². The van der Waals surface area contributed by atoms with Gasteiger partial charge in [-0.3, -0.25) is 0 Å². The maximum atomic E-state index is 9.60. The van der Waals surface area contributed by atoms with E-state index < -0.39 is 17.4 Å². The van der Waals surface area contributed by atoms with Crippen molar-refractivity contribution in [3.05, 3.63) is 24.3 Å². The summed E-state index contributed by atoms with van der Waals surface area (Å²) in [5, 5.41) is 41.2. The number of carboxylic acid groups (broad SMARTS) is 2. The van der Waals surface area contributed by atoms with Gasteiger partial charge in [0.1, 0.15) is 0 Å². The molecule has 0 saturated carbocycles. The Kier molecular flexibility index (Phi) is 27.2. The molecule has 0 radical (unpaired) electrons. The maximum absolute atomic E-state index is 9.60. The van der Waals surface area contributed by atoms with Crippen molar-refractivity contribution in [2.45, 2.75) is 47.5 Å². The van der Waals surface area contributed by atoms with Gasteiger partial charge in [-0.25, -0.2) is 9.59 Å². The van der Waals surface area contributed by atoms with E-state index in [1.807, 2.05) is 0 Å². The molecule has 0 saturated heterocycles. The SMILES string of the molecule is C=C(C)C(=O)O.C=C(C)C(=O)O.CC(CO)(CO)CO.CCCOCCC. The van der Waals surface area contributed by atoms with Gasteiger partial charge in [-0.05, 0) is 26.7 Å². The average molecular weight is 395 g/mol. The molecule has 27 heavy (non-hydrogen) atoms. The first-order chi connectivity index (χ1) is 12.4. The Bertz CT molecular complexity index is 340. The van der Waals surface area contributed by atoms with Crippen LogP contribution in [-0.4, -0.2) is 70.5 Å². The second-order valence-corrected chi connectivity index (χ2v) is 6.07. The Labute approximate surface area is 162 Å².